The number of hydrogen-bond acceptors (Lipinski definition) is 2. The predicted octanol–water partition coefficient (Wildman–Crippen LogP) is 1.66. The molecule has 1 aromatic rings. The Morgan fingerprint density at radius 1 is 1.59 bits per heavy atom. The molecule has 1 fully saturated rings. The van der Waals surface area contributed by atoms with E-state index in [0.29, 0.717) is 30.2 Å². The Hall–Kier alpha value is -1.13. The van der Waals surface area contributed by atoms with Gasteiger partial charge in [0, 0.05) is 37.3 Å². The van der Waals surface area contributed by atoms with Crippen LogP contribution in [0.3, 0.4) is 0 Å². The summed E-state index contributed by atoms with van der Waals surface area (Å²) in [5.74, 6) is -0.200. The van der Waals surface area contributed by atoms with Crippen molar-refractivity contribution in [1.82, 2.24) is 10.2 Å². The van der Waals surface area contributed by atoms with E-state index in [2.05, 4.69) is 5.32 Å². The molecular formula is C12H14ClFN2O. The molecule has 0 atom stereocenters. The highest BCUT2D eigenvalue weighted by molar-refractivity contribution is 6.30. The summed E-state index contributed by atoms with van der Waals surface area (Å²) in [6.45, 7) is 1.89. The molecule has 1 saturated heterocycles. The number of hydrogen-bond donors (Lipinski definition) is 1. The number of nitrogens with zero attached hydrogens (tertiary/aromatic N) is 1. The largest absolute Gasteiger partial charge is 0.359 e. The van der Waals surface area contributed by atoms with Crippen molar-refractivity contribution in [3.05, 3.63) is 34.6 Å². The van der Waals surface area contributed by atoms with Crippen LogP contribution in [0.4, 0.5) is 4.39 Å². The van der Waals surface area contributed by atoms with Gasteiger partial charge in [-0.2, -0.15) is 0 Å². The molecule has 1 aliphatic rings. The van der Waals surface area contributed by atoms with Gasteiger partial charge in [-0.1, -0.05) is 17.7 Å². The molecule has 0 unspecified atom stereocenters. The maximum atomic E-state index is 13.5. The predicted molar refractivity (Wildman–Crippen MR) is 64.2 cm³/mol. The number of rotatable bonds is 3. The average molecular weight is 257 g/mol. The van der Waals surface area contributed by atoms with Gasteiger partial charge >= 0.3 is 0 Å². The van der Waals surface area contributed by atoms with Crippen LogP contribution in [0.5, 0.6) is 0 Å². The van der Waals surface area contributed by atoms with Crippen LogP contribution in [0.25, 0.3) is 0 Å². The maximum Gasteiger partial charge on any atom is 0.225 e. The number of halogens is 2. The molecule has 3 nitrogen and oxygen atoms in total. The number of carbonyl (C=O) groups excluding carboxylic acids is 1. The number of amides is 1. The van der Waals surface area contributed by atoms with E-state index in [9.17, 15) is 9.18 Å². The molecule has 1 heterocycles. The molecule has 17 heavy (non-hydrogen) atoms. The van der Waals surface area contributed by atoms with E-state index in [1.54, 1.807) is 19.2 Å². The highest BCUT2D eigenvalue weighted by Crippen LogP contribution is 2.21. The Bertz CT molecular complexity index is 433. The van der Waals surface area contributed by atoms with Gasteiger partial charge in [-0.25, -0.2) is 4.39 Å². The minimum atomic E-state index is -0.291. The van der Waals surface area contributed by atoms with Crippen LogP contribution < -0.4 is 5.32 Å². The summed E-state index contributed by atoms with van der Waals surface area (Å²) in [6.07, 6.45) is 0. The van der Waals surface area contributed by atoms with Gasteiger partial charge in [0.1, 0.15) is 5.82 Å². The zero-order valence-corrected chi connectivity index (χ0v) is 10.3. The highest BCUT2D eigenvalue weighted by Gasteiger charge is 2.32. The van der Waals surface area contributed by atoms with Gasteiger partial charge < -0.3 is 5.32 Å². The number of nitrogens with one attached hydrogen (secondary N) is 1. The SMILES string of the molecule is CNC(=O)C1CN(Cc2ccc(Cl)cc2F)C1. The lowest BCUT2D eigenvalue weighted by Gasteiger charge is -2.38. The first kappa shape index (κ1) is 12.3. The fourth-order valence-corrected chi connectivity index (χ4v) is 2.12. The van der Waals surface area contributed by atoms with E-state index >= 15 is 0 Å². The van der Waals surface area contributed by atoms with Gasteiger partial charge in [-0.05, 0) is 12.1 Å². The standard InChI is InChI=1S/C12H14ClFN2O/c1-15-12(17)9-6-16(7-9)5-8-2-3-10(13)4-11(8)14/h2-4,9H,5-7H2,1H3,(H,15,17). The van der Waals surface area contributed by atoms with Crippen LogP contribution in [0.2, 0.25) is 5.02 Å². The molecule has 0 bridgehead atoms. The molecule has 1 aromatic carbocycles. The second-order valence-electron chi connectivity index (χ2n) is 4.24. The third-order valence-corrected chi connectivity index (χ3v) is 3.22. The summed E-state index contributed by atoms with van der Waals surface area (Å²) in [4.78, 5) is 13.3. The van der Waals surface area contributed by atoms with Gasteiger partial charge in [-0.15, -0.1) is 0 Å². The van der Waals surface area contributed by atoms with E-state index in [0.717, 1.165) is 0 Å². The van der Waals surface area contributed by atoms with Crippen molar-refractivity contribution >= 4 is 17.5 Å². The minimum Gasteiger partial charge on any atom is -0.359 e. The quantitative estimate of drug-likeness (QED) is 0.892. The van der Waals surface area contributed by atoms with Crippen LogP contribution >= 0.6 is 11.6 Å². The van der Waals surface area contributed by atoms with Gasteiger partial charge in [0.2, 0.25) is 5.91 Å². The summed E-state index contributed by atoms with van der Waals surface area (Å²) < 4.78 is 13.5. The molecule has 0 aromatic heterocycles. The van der Waals surface area contributed by atoms with Gasteiger partial charge in [-0.3, -0.25) is 9.69 Å². The fraction of sp³-hybridized carbons (Fsp3) is 0.417. The lowest BCUT2D eigenvalue weighted by atomic mass is 9.98. The Morgan fingerprint density at radius 2 is 2.29 bits per heavy atom. The zero-order valence-electron chi connectivity index (χ0n) is 9.54. The number of likely N-dealkylation sites (tertiary alicyclic amines) is 1. The summed E-state index contributed by atoms with van der Waals surface area (Å²) in [5, 5.41) is 3.01. The first-order valence-corrected chi connectivity index (χ1v) is 5.86. The monoisotopic (exact) mass is 256 g/mol. The van der Waals surface area contributed by atoms with Crippen molar-refractivity contribution in [2.24, 2.45) is 5.92 Å². The van der Waals surface area contributed by atoms with E-state index in [4.69, 9.17) is 11.6 Å². The summed E-state index contributed by atoms with van der Waals surface area (Å²) >= 11 is 5.68. The molecule has 0 radical (unpaired) electrons. The topological polar surface area (TPSA) is 32.3 Å². The lowest BCUT2D eigenvalue weighted by molar-refractivity contribution is -0.129. The van der Waals surface area contributed by atoms with Crippen molar-refractivity contribution in [1.29, 1.82) is 0 Å². The van der Waals surface area contributed by atoms with Crippen molar-refractivity contribution in [3.63, 3.8) is 0 Å². The fourth-order valence-electron chi connectivity index (χ4n) is 1.96. The molecular weight excluding hydrogens is 243 g/mol. The Balaban J connectivity index is 1.90. The zero-order chi connectivity index (χ0) is 12.4. The van der Waals surface area contributed by atoms with Crippen LogP contribution in [-0.2, 0) is 11.3 Å². The van der Waals surface area contributed by atoms with E-state index in [1.165, 1.54) is 6.07 Å². The summed E-state index contributed by atoms with van der Waals surface area (Å²) in [5.41, 5.74) is 0.616. The average Bonchev–Trinajstić information content (AvgIpc) is 2.24. The van der Waals surface area contributed by atoms with Crippen LogP contribution in [0.1, 0.15) is 5.56 Å². The Labute approximate surface area is 105 Å². The van der Waals surface area contributed by atoms with Crippen molar-refractivity contribution in [2.45, 2.75) is 6.54 Å². The smallest absolute Gasteiger partial charge is 0.225 e. The lowest BCUT2D eigenvalue weighted by Crippen LogP contribution is -2.52. The Kier molecular flexibility index (Phi) is 3.64. The molecule has 92 valence electrons. The molecule has 1 aliphatic heterocycles. The molecule has 0 spiro atoms. The van der Waals surface area contributed by atoms with E-state index < -0.39 is 0 Å². The number of carbonyl (C=O) groups is 1. The third kappa shape index (κ3) is 2.76. The first-order chi connectivity index (χ1) is 8.10. The van der Waals surface area contributed by atoms with E-state index in [-0.39, 0.29) is 17.6 Å². The molecule has 2 rings (SSSR count). The minimum absolute atomic E-state index is 0.0374. The summed E-state index contributed by atoms with van der Waals surface area (Å²) in [6, 6.07) is 4.67. The van der Waals surface area contributed by atoms with Crippen LogP contribution in [0.15, 0.2) is 18.2 Å². The third-order valence-electron chi connectivity index (χ3n) is 2.98. The second-order valence-corrected chi connectivity index (χ2v) is 4.68. The van der Waals surface area contributed by atoms with Crippen molar-refractivity contribution in [2.75, 3.05) is 20.1 Å². The van der Waals surface area contributed by atoms with Crippen molar-refractivity contribution < 1.29 is 9.18 Å². The van der Waals surface area contributed by atoms with Gasteiger partial charge in [0.25, 0.3) is 0 Å². The first-order valence-electron chi connectivity index (χ1n) is 5.48. The number of benzene rings is 1. The Morgan fingerprint density at radius 3 is 2.88 bits per heavy atom. The van der Waals surface area contributed by atoms with E-state index in [1.807, 2.05) is 4.90 Å². The molecule has 0 aliphatic carbocycles. The highest BCUT2D eigenvalue weighted by atomic mass is 35.5. The maximum absolute atomic E-state index is 13.5. The molecule has 1 N–H and O–H groups in total. The normalized spacial score (nSPS) is 16.6. The molecule has 5 heteroatoms. The van der Waals surface area contributed by atoms with Gasteiger partial charge in [0.05, 0.1) is 5.92 Å². The molecule has 1 amide bonds. The second kappa shape index (κ2) is 5.02. The van der Waals surface area contributed by atoms with Crippen LogP contribution in [0, 0.1) is 11.7 Å². The van der Waals surface area contributed by atoms with Gasteiger partial charge in [0.15, 0.2) is 0 Å². The molecule has 0 saturated carbocycles. The van der Waals surface area contributed by atoms with Crippen molar-refractivity contribution in [3.8, 4) is 0 Å². The summed E-state index contributed by atoms with van der Waals surface area (Å²) in [7, 11) is 1.63. The van der Waals surface area contributed by atoms with Crippen LogP contribution in [-0.4, -0.2) is 30.9 Å².